The topological polar surface area (TPSA) is 62.0 Å². The van der Waals surface area contributed by atoms with E-state index in [0.29, 0.717) is 23.8 Å². The molecule has 1 atom stereocenters. The van der Waals surface area contributed by atoms with Crippen LogP contribution in [0.15, 0.2) is 59.6 Å². The maximum atomic E-state index is 12.8. The molecule has 0 fully saturated rings. The molecule has 7 heteroatoms. The van der Waals surface area contributed by atoms with Gasteiger partial charge in [-0.1, -0.05) is 37.3 Å². The standard InChI is InChI=1S/C26H38N3O2S.BrH/c1-5-29(6-2,7-3)19-17-21(4)22-12-14-24(15-13-22)32(30,31)28-18-16-23-20-27-26-11-9-8-10-25(23)26;/h8-15,20-21,27-28H,5-7,16-19H2,1-4H3;1H/q+1;/p-1. The maximum Gasteiger partial charge on any atom is 0.240 e. The molecule has 0 radical (unpaired) electrons. The molecule has 0 bridgehead atoms. The van der Waals surface area contributed by atoms with Gasteiger partial charge in [0, 0.05) is 30.1 Å². The van der Waals surface area contributed by atoms with Crippen LogP contribution in [-0.4, -0.2) is 50.6 Å². The lowest BCUT2D eigenvalue weighted by atomic mass is 9.97. The second kappa shape index (κ2) is 12.2. The van der Waals surface area contributed by atoms with Gasteiger partial charge in [-0.3, -0.25) is 0 Å². The van der Waals surface area contributed by atoms with Gasteiger partial charge in [-0.25, -0.2) is 13.1 Å². The Morgan fingerprint density at radius 3 is 2.24 bits per heavy atom. The van der Waals surface area contributed by atoms with E-state index >= 15 is 0 Å². The zero-order valence-corrected chi connectivity index (χ0v) is 22.7. The number of aromatic nitrogens is 1. The van der Waals surface area contributed by atoms with E-state index in [-0.39, 0.29) is 17.0 Å². The highest BCUT2D eigenvalue weighted by Gasteiger charge is 2.22. The Hall–Kier alpha value is -1.67. The lowest BCUT2D eigenvalue weighted by Gasteiger charge is -2.36. The number of nitrogens with zero attached hydrogens (tertiary/aromatic N) is 1. The number of H-pyrrole nitrogens is 1. The minimum absolute atomic E-state index is 0. The van der Waals surface area contributed by atoms with Gasteiger partial charge in [-0.05, 0) is 62.4 Å². The maximum absolute atomic E-state index is 12.8. The van der Waals surface area contributed by atoms with Crippen LogP contribution >= 0.6 is 0 Å². The molecule has 0 saturated heterocycles. The summed E-state index contributed by atoms with van der Waals surface area (Å²) in [4.78, 5) is 3.56. The molecule has 0 aliphatic carbocycles. The summed E-state index contributed by atoms with van der Waals surface area (Å²) in [5.41, 5.74) is 3.39. The molecule has 182 valence electrons. The molecular formula is C26H38BrN3O2S. The molecule has 0 aliphatic rings. The van der Waals surface area contributed by atoms with Gasteiger partial charge < -0.3 is 26.4 Å². The number of para-hydroxylation sites is 1. The van der Waals surface area contributed by atoms with Crippen LogP contribution in [0, 0.1) is 0 Å². The summed E-state index contributed by atoms with van der Waals surface area (Å²) in [6.45, 7) is 14.0. The molecule has 0 aliphatic heterocycles. The highest BCUT2D eigenvalue weighted by atomic mass is 79.9. The van der Waals surface area contributed by atoms with Crippen molar-refractivity contribution in [3.63, 3.8) is 0 Å². The van der Waals surface area contributed by atoms with Crippen molar-refractivity contribution in [2.45, 2.75) is 51.3 Å². The van der Waals surface area contributed by atoms with Gasteiger partial charge in [0.15, 0.2) is 0 Å². The first-order chi connectivity index (χ1) is 15.3. The number of nitrogens with one attached hydrogen (secondary N) is 2. The van der Waals surface area contributed by atoms with Crippen LogP contribution in [0.3, 0.4) is 0 Å². The number of hydrogen-bond acceptors (Lipinski definition) is 2. The second-order valence-corrected chi connectivity index (χ2v) is 10.5. The third kappa shape index (κ3) is 6.69. The van der Waals surface area contributed by atoms with Gasteiger partial charge in [0.05, 0.1) is 31.1 Å². The average Bonchev–Trinajstić information content (AvgIpc) is 3.23. The summed E-state index contributed by atoms with van der Waals surface area (Å²) >= 11 is 0. The number of hydrogen-bond donors (Lipinski definition) is 2. The first kappa shape index (κ1) is 27.6. The van der Waals surface area contributed by atoms with Crippen molar-refractivity contribution in [1.82, 2.24) is 9.71 Å². The molecule has 1 unspecified atom stereocenters. The first-order valence-corrected chi connectivity index (χ1v) is 13.3. The number of sulfonamides is 1. The van der Waals surface area contributed by atoms with Crippen LogP contribution in [0.4, 0.5) is 0 Å². The molecule has 5 nitrogen and oxygen atoms in total. The van der Waals surface area contributed by atoms with E-state index in [4.69, 9.17) is 0 Å². The van der Waals surface area contributed by atoms with Gasteiger partial charge in [0.2, 0.25) is 10.0 Å². The molecule has 33 heavy (non-hydrogen) atoms. The summed E-state index contributed by atoms with van der Waals surface area (Å²) in [6, 6.07) is 15.5. The Kier molecular flexibility index (Phi) is 10.2. The Bertz CT molecular complexity index is 1100. The van der Waals surface area contributed by atoms with Crippen molar-refractivity contribution >= 4 is 20.9 Å². The number of fused-ring (bicyclic) bond motifs is 1. The summed E-state index contributed by atoms with van der Waals surface area (Å²) in [6.07, 6.45) is 3.70. The molecule has 0 amide bonds. The van der Waals surface area contributed by atoms with E-state index in [2.05, 4.69) is 43.5 Å². The highest BCUT2D eigenvalue weighted by Crippen LogP contribution is 2.23. The molecule has 2 N–H and O–H groups in total. The second-order valence-electron chi connectivity index (χ2n) is 8.78. The Balaban J connectivity index is 0.00000385. The largest absolute Gasteiger partial charge is 1.00 e. The predicted molar refractivity (Wildman–Crippen MR) is 133 cm³/mol. The molecule has 0 spiro atoms. The van der Waals surface area contributed by atoms with Crippen LogP contribution < -0.4 is 21.7 Å². The molecule has 1 heterocycles. The summed E-state index contributed by atoms with van der Waals surface area (Å²) in [5, 5.41) is 1.14. The van der Waals surface area contributed by atoms with Crippen LogP contribution in [0.25, 0.3) is 10.9 Å². The minimum atomic E-state index is -3.52. The van der Waals surface area contributed by atoms with Crippen molar-refractivity contribution in [1.29, 1.82) is 0 Å². The number of halogens is 1. The van der Waals surface area contributed by atoms with Crippen molar-refractivity contribution in [2.75, 3.05) is 32.7 Å². The molecule has 1 aromatic heterocycles. The minimum Gasteiger partial charge on any atom is -1.00 e. The highest BCUT2D eigenvalue weighted by molar-refractivity contribution is 7.89. The van der Waals surface area contributed by atoms with Gasteiger partial charge in [0.1, 0.15) is 0 Å². The van der Waals surface area contributed by atoms with Gasteiger partial charge in [-0.15, -0.1) is 0 Å². The molecule has 3 aromatic rings. The zero-order chi connectivity index (χ0) is 23.2. The van der Waals surface area contributed by atoms with Crippen molar-refractivity contribution < 1.29 is 29.9 Å². The third-order valence-electron chi connectivity index (χ3n) is 7.17. The molecule has 3 rings (SSSR count). The Labute approximate surface area is 210 Å². The number of benzene rings is 2. The van der Waals surface area contributed by atoms with Crippen LogP contribution in [0.2, 0.25) is 0 Å². The van der Waals surface area contributed by atoms with Crippen molar-refractivity contribution in [2.24, 2.45) is 0 Å². The van der Waals surface area contributed by atoms with E-state index < -0.39 is 10.0 Å². The lowest BCUT2D eigenvalue weighted by molar-refractivity contribution is -0.923. The average molecular weight is 537 g/mol. The van der Waals surface area contributed by atoms with Crippen LogP contribution in [0.1, 0.15) is 51.2 Å². The fourth-order valence-electron chi connectivity index (χ4n) is 4.50. The van der Waals surface area contributed by atoms with Gasteiger partial charge >= 0.3 is 0 Å². The molecule has 2 aromatic carbocycles. The number of rotatable bonds is 12. The number of aromatic amines is 1. The SMILES string of the molecule is CC[N+](CC)(CC)CCC(C)c1ccc(S(=O)(=O)NCCc2c[nH]c3ccccc23)cc1.[Br-]. The van der Waals surface area contributed by atoms with E-state index in [1.807, 2.05) is 36.5 Å². The van der Waals surface area contributed by atoms with Crippen LogP contribution in [-0.2, 0) is 16.4 Å². The first-order valence-electron chi connectivity index (χ1n) is 11.8. The monoisotopic (exact) mass is 535 g/mol. The smallest absolute Gasteiger partial charge is 0.240 e. The van der Waals surface area contributed by atoms with E-state index in [1.54, 1.807) is 12.1 Å². The third-order valence-corrected chi connectivity index (χ3v) is 8.65. The Morgan fingerprint density at radius 2 is 1.61 bits per heavy atom. The van der Waals surface area contributed by atoms with Crippen molar-refractivity contribution in [3.8, 4) is 0 Å². The zero-order valence-electron chi connectivity index (χ0n) is 20.3. The predicted octanol–water partition coefficient (Wildman–Crippen LogP) is 2.06. The lowest BCUT2D eigenvalue weighted by Crippen LogP contribution is -3.00. The summed E-state index contributed by atoms with van der Waals surface area (Å²) < 4.78 is 29.4. The van der Waals surface area contributed by atoms with Crippen LogP contribution in [0.5, 0.6) is 0 Å². The summed E-state index contributed by atoms with van der Waals surface area (Å²) in [7, 11) is -3.52. The fraction of sp³-hybridized carbons (Fsp3) is 0.462. The fourth-order valence-corrected chi connectivity index (χ4v) is 5.53. The van der Waals surface area contributed by atoms with E-state index in [1.165, 1.54) is 5.56 Å². The normalized spacial score (nSPS) is 13.1. The molecule has 0 saturated carbocycles. The molecular weight excluding hydrogens is 498 g/mol. The number of quaternary nitrogens is 1. The van der Waals surface area contributed by atoms with E-state index in [9.17, 15) is 8.42 Å². The van der Waals surface area contributed by atoms with E-state index in [0.717, 1.165) is 53.5 Å². The Morgan fingerprint density at radius 1 is 0.970 bits per heavy atom. The van der Waals surface area contributed by atoms with Crippen molar-refractivity contribution in [3.05, 3.63) is 65.9 Å². The van der Waals surface area contributed by atoms with Gasteiger partial charge in [0.25, 0.3) is 0 Å². The van der Waals surface area contributed by atoms with Gasteiger partial charge in [-0.2, -0.15) is 0 Å². The quantitative estimate of drug-likeness (QED) is 0.349. The summed E-state index contributed by atoms with van der Waals surface area (Å²) in [5.74, 6) is 0.406.